The van der Waals surface area contributed by atoms with Crippen molar-refractivity contribution in [2.24, 2.45) is 5.14 Å². The van der Waals surface area contributed by atoms with E-state index in [0.29, 0.717) is 44.4 Å². The number of ether oxygens (including phenoxy) is 3. The van der Waals surface area contributed by atoms with Crippen molar-refractivity contribution >= 4 is 38.6 Å². The van der Waals surface area contributed by atoms with Crippen LogP contribution in [-0.4, -0.2) is 51.0 Å². The Kier molecular flexibility index (Phi) is 8.97. The molecule has 0 spiro atoms. The van der Waals surface area contributed by atoms with Crippen molar-refractivity contribution in [1.82, 2.24) is 14.9 Å². The third-order valence-electron chi connectivity index (χ3n) is 5.97. The fraction of sp³-hybridized carbons (Fsp3) is 0.222. The lowest BCUT2D eigenvalue weighted by Crippen LogP contribution is -2.27. The van der Waals surface area contributed by atoms with Crippen molar-refractivity contribution in [2.75, 3.05) is 27.1 Å². The van der Waals surface area contributed by atoms with Crippen LogP contribution < -0.4 is 30.2 Å². The van der Waals surface area contributed by atoms with Gasteiger partial charge in [-0.2, -0.15) is 0 Å². The number of para-hydroxylation sites is 1. The molecule has 13 heteroatoms. The third-order valence-corrected chi connectivity index (χ3v) is 7.87. The number of sulfonamides is 1. The Morgan fingerprint density at radius 1 is 0.975 bits per heavy atom. The van der Waals surface area contributed by atoms with E-state index in [0.717, 1.165) is 11.8 Å². The van der Waals surface area contributed by atoms with Gasteiger partial charge in [0.15, 0.2) is 16.7 Å². The molecule has 3 N–H and O–H groups in total. The normalized spacial score (nSPS) is 11.3. The summed E-state index contributed by atoms with van der Waals surface area (Å²) >= 11 is 1.13. The fourth-order valence-electron chi connectivity index (χ4n) is 3.99. The number of nitrogens with two attached hydrogens (primary N) is 1. The number of rotatable bonds is 11. The van der Waals surface area contributed by atoms with Gasteiger partial charge in [0.25, 0.3) is 5.56 Å². The van der Waals surface area contributed by atoms with Gasteiger partial charge in [0.1, 0.15) is 0 Å². The molecule has 0 atom stereocenters. The van der Waals surface area contributed by atoms with Gasteiger partial charge in [0.2, 0.25) is 21.7 Å². The van der Waals surface area contributed by atoms with Gasteiger partial charge >= 0.3 is 0 Å². The summed E-state index contributed by atoms with van der Waals surface area (Å²) in [5.74, 6) is 1.04. The second kappa shape index (κ2) is 12.4. The maximum Gasteiger partial charge on any atom is 0.262 e. The topological polar surface area (TPSA) is 152 Å². The number of carbonyl (C=O) groups excluding carboxylic acids is 1. The maximum absolute atomic E-state index is 13.5. The molecule has 0 radical (unpaired) electrons. The highest BCUT2D eigenvalue weighted by molar-refractivity contribution is 7.99. The minimum absolute atomic E-state index is 0.00466. The monoisotopic (exact) mass is 584 g/mol. The molecule has 1 amide bonds. The number of benzene rings is 3. The Balaban J connectivity index is 1.56. The molecule has 11 nitrogen and oxygen atoms in total. The number of thioether (sulfide) groups is 1. The Morgan fingerprint density at radius 3 is 2.23 bits per heavy atom. The number of nitrogens with one attached hydrogen (secondary N) is 1. The van der Waals surface area contributed by atoms with Crippen LogP contribution in [0.2, 0.25) is 0 Å². The van der Waals surface area contributed by atoms with Gasteiger partial charge < -0.3 is 19.5 Å². The minimum Gasteiger partial charge on any atom is -0.493 e. The summed E-state index contributed by atoms with van der Waals surface area (Å²) in [6, 6.07) is 16.4. The van der Waals surface area contributed by atoms with Crippen LogP contribution >= 0.6 is 11.8 Å². The van der Waals surface area contributed by atoms with E-state index in [4.69, 9.17) is 19.3 Å². The van der Waals surface area contributed by atoms with Crippen LogP contribution in [0.5, 0.6) is 17.2 Å². The smallest absolute Gasteiger partial charge is 0.262 e. The van der Waals surface area contributed by atoms with Crippen molar-refractivity contribution in [3.05, 3.63) is 82.1 Å². The van der Waals surface area contributed by atoms with Gasteiger partial charge in [0, 0.05) is 6.54 Å². The summed E-state index contributed by atoms with van der Waals surface area (Å²) < 4.78 is 40.7. The van der Waals surface area contributed by atoms with E-state index in [-0.39, 0.29) is 35.2 Å². The van der Waals surface area contributed by atoms with Crippen LogP contribution in [-0.2, 0) is 27.9 Å². The number of hydrogen-bond donors (Lipinski definition) is 2. The highest BCUT2D eigenvalue weighted by Gasteiger charge is 2.17. The SMILES string of the molecule is COc1cc(Cn2c(SCC(=O)NCc3ccc(S(N)(=O)=O)cc3)nc3ccccc3c2=O)cc(OC)c1OC. The highest BCUT2D eigenvalue weighted by Crippen LogP contribution is 2.38. The fourth-order valence-corrected chi connectivity index (χ4v) is 5.33. The van der Waals surface area contributed by atoms with Gasteiger partial charge in [-0.25, -0.2) is 18.5 Å². The molecule has 40 heavy (non-hydrogen) atoms. The van der Waals surface area contributed by atoms with Crippen LogP contribution in [0.25, 0.3) is 10.9 Å². The van der Waals surface area contributed by atoms with Crippen molar-refractivity contribution in [3.8, 4) is 17.2 Å². The van der Waals surface area contributed by atoms with Gasteiger partial charge in [0.05, 0.1) is 49.4 Å². The van der Waals surface area contributed by atoms with Gasteiger partial charge in [-0.3, -0.25) is 14.2 Å². The number of primary sulfonamides is 1. The van der Waals surface area contributed by atoms with Crippen molar-refractivity contribution in [3.63, 3.8) is 0 Å². The second-order valence-corrected chi connectivity index (χ2v) is 11.1. The molecular formula is C27H28N4O7S2. The summed E-state index contributed by atoms with van der Waals surface area (Å²) in [7, 11) is 0.744. The van der Waals surface area contributed by atoms with Crippen LogP contribution in [0.15, 0.2) is 75.5 Å². The number of amides is 1. The summed E-state index contributed by atoms with van der Waals surface area (Å²) in [6.45, 7) is 0.335. The average molecular weight is 585 g/mol. The molecule has 3 aromatic carbocycles. The number of aromatic nitrogens is 2. The lowest BCUT2D eigenvalue weighted by atomic mass is 10.1. The Morgan fingerprint density at radius 2 is 1.62 bits per heavy atom. The van der Waals surface area contributed by atoms with E-state index >= 15 is 0 Å². The molecule has 0 aliphatic heterocycles. The van der Waals surface area contributed by atoms with Gasteiger partial charge in [-0.05, 0) is 47.5 Å². The van der Waals surface area contributed by atoms with E-state index < -0.39 is 10.0 Å². The van der Waals surface area contributed by atoms with Gasteiger partial charge in [-0.1, -0.05) is 36.0 Å². The molecular weight excluding hydrogens is 556 g/mol. The molecule has 0 saturated carbocycles. The average Bonchev–Trinajstić information content (AvgIpc) is 2.95. The van der Waals surface area contributed by atoms with E-state index in [9.17, 15) is 18.0 Å². The predicted octanol–water partition coefficient (Wildman–Crippen LogP) is 2.53. The summed E-state index contributed by atoms with van der Waals surface area (Å²) in [5.41, 5.74) is 1.68. The van der Waals surface area contributed by atoms with Crippen LogP contribution in [0, 0.1) is 0 Å². The highest BCUT2D eigenvalue weighted by atomic mass is 32.2. The largest absolute Gasteiger partial charge is 0.493 e. The molecule has 1 aromatic heterocycles. The Bertz CT molecular complexity index is 1680. The predicted molar refractivity (Wildman–Crippen MR) is 152 cm³/mol. The maximum atomic E-state index is 13.5. The number of fused-ring (bicyclic) bond motifs is 1. The molecule has 210 valence electrons. The van der Waals surface area contributed by atoms with Crippen molar-refractivity contribution in [1.29, 1.82) is 0 Å². The first-order chi connectivity index (χ1) is 19.1. The third kappa shape index (κ3) is 6.55. The van der Waals surface area contributed by atoms with E-state index in [1.54, 1.807) is 48.5 Å². The second-order valence-electron chi connectivity index (χ2n) is 8.59. The van der Waals surface area contributed by atoms with Crippen LogP contribution in [0.4, 0.5) is 0 Å². The minimum atomic E-state index is -3.79. The molecule has 0 unspecified atom stereocenters. The van der Waals surface area contributed by atoms with Crippen molar-refractivity contribution in [2.45, 2.75) is 23.1 Å². The van der Waals surface area contributed by atoms with E-state index in [1.807, 2.05) is 0 Å². The molecule has 4 rings (SSSR count). The molecule has 1 heterocycles. The summed E-state index contributed by atoms with van der Waals surface area (Å²) in [4.78, 5) is 30.8. The summed E-state index contributed by atoms with van der Waals surface area (Å²) in [5, 5.41) is 8.73. The number of methoxy groups -OCH3 is 3. The van der Waals surface area contributed by atoms with E-state index in [1.165, 1.54) is 38.0 Å². The zero-order valence-corrected chi connectivity index (χ0v) is 23.7. The van der Waals surface area contributed by atoms with E-state index in [2.05, 4.69) is 10.3 Å². The zero-order valence-electron chi connectivity index (χ0n) is 22.0. The standard InChI is InChI=1S/C27H28N4O7S2/c1-36-22-12-18(13-23(37-2)25(22)38-3)15-31-26(33)20-6-4-5-7-21(20)30-27(31)39-16-24(32)29-14-17-8-10-19(11-9-17)40(28,34)35/h4-13H,14-16H2,1-3H3,(H,29,32)(H2,28,34,35). The molecule has 0 fully saturated rings. The molecule has 0 saturated heterocycles. The quantitative estimate of drug-likeness (QED) is 0.200. The Hall–Kier alpha value is -4.07. The first kappa shape index (κ1) is 28.9. The van der Waals surface area contributed by atoms with Crippen LogP contribution in [0.3, 0.4) is 0 Å². The number of nitrogens with zero attached hydrogens (tertiary/aromatic N) is 2. The molecule has 0 bridgehead atoms. The molecule has 4 aromatic rings. The Labute approximate surface area is 235 Å². The summed E-state index contributed by atoms with van der Waals surface area (Å²) in [6.07, 6.45) is 0. The number of carbonyl (C=O) groups is 1. The first-order valence-electron chi connectivity index (χ1n) is 11.9. The zero-order chi connectivity index (χ0) is 28.9. The lowest BCUT2D eigenvalue weighted by molar-refractivity contribution is -0.118. The van der Waals surface area contributed by atoms with Crippen molar-refractivity contribution < 1.29 is 27.4 Å². The molecule has 0 aliphatic carbocycles. The van der Waals surface area contributed by atoms with Crippen LogP contribution in [0.1, 0.15) is 11.1 Å². The number of hydrogen-bond acceptors (Lipinski definition) is 9. The van der Waals surface area contributed by atoms with Gasteiger partial charge in [-0.15, -0.1) is 0 Å². The first-order valence-corrected chi connectivity index (χ1v) is 14.5. The lowest BCUT2D eigenvalue weighted by Gasteiger charge is -2.16. The molecule has 0 aliphatic rings.